The Morgan fingerprint density at radius 1 is 1.15 bits per heavy atom. The summed E-state index contributed by atoms with van der Waals surface area (Å²) in [6.45, 7) is 2.93. The zero-order valence-electron chi connectivity index (χ0n) is 15.2. The van der Waals surface area contributed by atoms with E-state index in [1.54, 1.807) is 14.2 Å². The van der Waals surface area contributed by atoms with Crippen LogP contribution in [0.3, 0.4) is 0 Å². The maximum Gasteiger partial charge on any atom is 0.201 e. The molecule has 1 saturated heterocycles. The predicted molar refractivity (Wildman–Crippen MR) is 104 cm³/mol. The Morgan fingerprint density at radius 2 is 1.92 bits per heavy atom. The minimum Gasteiger partial charge on any atom is -0.497 e. The Kier molecular flexibility index (Phi) is 4.56. The maximum atomic E-state index is 5.39. The van der Waals surface area contributed by atoms with Crippen LogP contribution in [-0.2, 0) is 0 Å². The number of H-pyrrole nitrogens is 1. The Bertz CT molecular complexity index is 837. The zero-order valence-corrected chi connectivity index (χ0v) is 15.2. The minimum atomic E-state index is 0.570. The first-order chi connectivity index (χ1) is 12.7. The van der Waals surface area contributed by atoms with Gasteiger partial charge in [0.15, 0.2) is 0 Å². The van der Waals surface area contributed by atoms with Crippen molar-refractivity contribution in [2.75, 3.05) is 44.1 Å². The lowest BCUT2D eigenvalue weighted by molar-refractivity contribution is 0.394. The van der Waals surface area contributed by atoms with E-state index >= 15 is 0 Å². The van der Waals surface area contributed by atoms with Gasteiger partial charge in [0.25, 0.3) is 0 Å². The van der Waals surface area contributed by atoms with Crippen LogP contribution < -0.4 is 19.7 Å². The van der Waals surface area contributed by atoms with Gasteiger partial charge in [-0.25, -0.2) is 4.98 Å². The van der Waals surface area contributed by atoms with Gasteiger partial charge in [0, 0.05) is 43.5 Å². The van der Waals surface area contributed by atoms with Crippen molar-refractivity contribution in [3.05, 3.63) is 42.5 Å². The number of anilines is 2. The van der Waals surface area contributed by atoms with Crippen LogP contribution in [0.4, 0.5) is 11.6 Å². The number of benzene rings is 2. The summed E-state index contributed by atoms with van der Waals surface area (Å²) in [6.07, 6.45) is 1.15. The van der Waals surface area contributed by atoms with Crippen LogP contribution in [0.2, 0.25) is 0 Å². The summed E-state index contributed by atoms with van der Waals surface area (Å²) in [5.41, 5.74) is 3.20. The van der Waals surface area contributed by atoms with E-state index in [9.17, 15) is 0 Å². The van der Waals surface area contributed by atoms with Crippen LogP contribution in [0.25, 0.3) is 11.0 Å². The van der Waals surface area contributed by atoms with Gasteiger partial charge in [-0.15, -0.1) is 0 Å². The molecule has 0 bridgehead atoms. The number of nitrogens with zero attached hydrogens (tertiary/aromatic N) is 2. The molecule has 26 heavy (non-hydrogen) atoms. The van der Waals surface area contributed by atoms with E-state index in [0.29, 0.717) is 5.92 Å². The van der Waals surface area contributed by atoms with Gasteiger partial charge in [-0.05, 0) is 24.5 Å². The average Bonchev–Trinajstić information content (AvgIpc) is 3.32. The van der Waals surface area contributed by atoms with Crippen molar-refractivity contribution in [2.45, 2.75) is 6.42 Å². The largest absolute Gasteiger partial charge is 0.497 e. The molecule has 3 aromatic rings. The molecule has 1 fully saturated rings. The van der Waals surface area contributed by atoms with Gasteiger partial charge in [0.1, 0.15) is 11.5 Å². The fourth-order valence-electron chi connectivity index (χ4n) is 3.49. The third-order valence-corrected chi connectivity index (χ3v) is 4.93. The van der Waals surface area contributed by atoms with Crippen molar-refractivity contribution < 1.29 is 9.47 Å². The van der Waals surface area contributed by atoms with E-state index in [2.05, 4.69) is 32.3 Å². The maximum absolute atomic E-state index is 5.39. The molecule has 1 aliphatic rings. The van der Waals surface area contributed by atoms with Crippen molar-refractivity contribution in [1.29, 1.82) is 0 Å². The molecule has 2 heterocycles. The summed E-state index contributed by atoms with van der Waals surface area (Å²) < 4.78 is 10.8. The number of hydrogen-bond donors (Lipinski definition) is 2. The first-order valence-corrected chi connectivity index (χ1v) is 8.92. The number of aromatic amines is 1. The predicted octanol–water partition coefficient (Wildman–Crippen LogP) is 3.52. The number of fused-ring (bicyclic) bond motifs is 1. The molecule has 0 radical (unpaired) electrons. The van der Waals surface area contributed by atoms with E-state index < -0.39 is 0 Å². The molecule has 6 heteroatoms. The number of para-hydroxylation sites is 2. The molecule has 1 aromatic heterocycles. The van der Waals surface area contributed by atoms with E-state index in [0.717, 1.165) is 60.2 Å². The van der Waals surface area contributed by atoms with Crippen LogP contribution in [0, 0.1) is 5.92 Å². The van der Waals surface area contributed by atoms with E-state index in [4.69, 9.17) is 9.47 Å². The van der Waals surface area contributed by atoms with Crippen molar-refractivity contribution in [3.8, 4) is 11.5 Å². The molecule has 1 aliphatic heterocycles. The van der Waals surface area contributed by atoms with Gasteiger partial charge >= 0.3 is 0 Å². The fourth-order valence-corrected chi connectivity index (χ4v) is 3.49. The number of aromatic nitrogens is 2. The Balaban J connectivity index is 1.39. The highest BCUT2D eigenvalue weighted by Crippen LogP contribution is 2.31. The minimum absolute atomic E-state index is 0.570. The lowest BCUT2D eigenvalue weighted by atomic mass is 10.1. The summed E-state index contributed by atoms with van der Waals surface area (Å²) >= 11 is 0. The summed E-state index contributed by atoms with van der Waals surface area (Å²) in [7, 11) is 3.37. The molecule has 2 N–H and O–H groups in total. The first kappa shape index (κ1) is 16.6. The van der Waals surface area contributed by atoms with E-state index in [1.807, 2.05) is 30.3 Å². The summed E-state index contributed by atoms with van der Waals surface area (Å²) in [5, 5.41) is 3.45. The van der Waals surface area contributed by atoms with Gasteiger partial charge in [0.2, 0.25) is 5.95 Å². The second kappa shape index (κ2) is 7.15. The van der Waals surface area contributed by atoms with Crippen molar-refractivity contribution >= 4 is 22.7 Å². The van der Waals surface area contributed by atoms with Gasteiger partial charge in [-0.1, -0.05) is 12.1 Å². The SMILES string of the molecule is COc1cc(OC)cc(N2CCC(CNc3nc4ccccc4[nH]3)C2)c1. The molecule has 0 saturated carbocycles. The third-order valence-electron chi connectivity index (χ3n) is 4.93. The molecule has 2 aromatic carbocycles. The van der Waals surface area contributed by atoms with Gasteiger partial charge in [-0.3, -0.25) is 0 Å². The highest BCUT2D eigenvalue weighted by atomic mass is 16.5. The second-order valence-electron chi connectivity index (χ2n) is 6.66. The van der Waals surface area contributed by atoms with E-state index in [1.165, 1.54) is 0 Å². The molecular weight excluding hydrogens is 328 g/mol. The summed E-state index contributed by atoms with van der Waals surface area (Å²) in [4.78, 5) is 10.3. The number of ether oxygens (including phenoxy) is 2. The van der Waals surface area contributed by atoms with Crippen molar-refractivity contribution in [2.24, 2.45) is 5.92 Å². The van der Waals surface area contributed by atoms with Crippen LogP contribution in [0.15, 0.2) is 42.5 Å². The second-order valence-corrected chi connectivity index (χ2v) is 6.66. The highest BCUT2D eigenvalue weighted by molar-refractivity contribution is 5.77. The smallest absolute Gasteiger partial charge is 0.201 e. The Morgan fingerprint density at radius 3 is 2.65 bits per heavy atom. The van der Waals surface area contributed by atoms with Gasteiger partial charge in [-0.2, -0.15) is 0 Å². The lowest BCUT2D eigenvalue weighted by Gasteiger charge is -2.20. The average molecular weight is 352 g/mol. The molecule has 4 rings (SSSR count). The highest BCUT2D eigenvalue weighted by Gasteiger charge is 2.23. The monoisotopic (exact) mass is 352 g/mol. The number of hydrogen-bond acceptors (Lipinski definition) is 5. The molecule has 136 valence electrons. The Hall–Kier alpha value is -2.89. The standard InChI is InChI=1S/C20H24N4O2/c1-25-16-9-15(10-17(11-16)26-2)24-8-7-14(13-24)12-21-20-22-18-5-3-4-6-19(18)23-20/h3-6,9-11,14H,7-8,12-13H2,1-2H3,(H2,21,22,23). The van der Waals surface area contributed by atoms with Gasteiger partial charge < -0.3 is 24.7 Å². The number of nitrogens with one attached hydrogen (secondary N) is 2. The molecule has 1 atom stereocenters. The molecular formula is C20H24N4O2. The molecule has 0 aliphatic carbocycles. The normalized spacial score (nSPS) is 16.8. The number of methoxy groups -OCH3 is 2. The third kappa shape index (κ3) is 3.40. The number of imidazole rings is 1. The number of rotatable bonds is 6. The molecule has 6 nitrogen and oxygen atoms in total. The van der Waals surface area contributed by atoms with Crippen LogP contribution in [0.5, 0.6) is 11.5 Å². The molecule has 1 unspecified atom stereocenters. The summed E-state index contributed by atoms with van der Waals surface area (Å²) in [6, 6.07) is 14.1. The first-order valence-electron chi connectivity index (χ1n) is 8.92. The van der Waals surface area contributed by atoms with Crippen LogP contribution in [-0.4, -0.2) is 43.8 Å². The van der Waals surface area contributed by atoms with Crippen molar-refractivity contribution in [3.63, 3.8) is 0 Å². The summed E-state index contributed by atoms with van der Waals surface area (Å²) in [5.74, 6) is 3.06. The topological polar surface area (TPSA) is 62.4 Å². The fraction of sp³-hybridized carbons (Fsp3) is 0.350. The molecule has 0 spiro atoms. The Labute approximate surface area is 153 Å². The van der Waals surface area contributed by atoms with Crippen LogP contribution >= 0.6 is 0 Å². The van der Waals surface area contributed by atoms with Crippen molar-refractivity contribution in [1.82, 2.24) is 9.97 Å². The van der Waals surface area contributed by atoms with Gasteiger partial charge in [0.05, 0.1) is 25.3 Å². The molecule has 0 amide bonds. The zero-order chi connectivity index (χ0) is 17.9. The lowest BCUT2D eigenvalue weighted by Crippen LogP contribution is -2.22. The van der Waals surface area contributed by atoms with Crippen LogP contribution in [0.1, 0.15) is 6.42 Å². The van der Waals surface area contributed by atoms with E-state index in [-0.39, 0.29) is 0 Å². The quantitative estimate of drug-likeness (QED) is 0.711.